The Bertz CT molecular complexity index is 100.0. The molecular formula is C7H12ClN. The molecule has 1 fully saturated rings. The van der Waals surface area contributed by atoms with Crippen molar-refractivity contribution >= 4 is 12.4 Å². The van der Waals surface area contributed by atoms with E-state index in [2.05, 4.69) is 6.07 Å². The van der Waals surface area contributed by atoms with E-state index in [1.807, 2.05) is 0 Å². The van der Waals surface area contributed by atoms with E-state index in [0.29, 0.717) is 5.92 Å². The van der Waals surface area contributed by atoms with Gasteiger partial charge in [0.05, 0.1) is 6.07 Å². The summed E-state index contributed by atoms with van der Waals surface area (Å²) in [6.07, 6.45) is 6.20. The average molecular weight is 146 g/mol. The van der Waals surface area contributed by atoms with Crippen LogP contribution >= 0.6 is 12.4 Å². The van der Waals surface area contributed by atoms with E-state index in [1.54, 1.807) is 0 Å². The highest BCUT2D eigenvalue weighted by atomic mass is 35.5. The van der Waals surface area contributed by atoms with Crippen LogP contribution in [0.3, 0.4) is 0 Å². The van der Waals surface area contributed by atoms with Gasteiger partial charge in [0.2, 0.25) is 0 Å². The topological polar surface area (TPSA) is 23.8 Å². The molecule has 0 spiro atoms. The first-order valence-corrected chi connectivity index (χ1v) is 3.33. The molecule has 0 aliphatic heterocycles. The van der Waals surface area contributed by atoms with Crippen LogP contribution in [0.4, 0.5) is 0 Å². The highest BCUT2D eigenvalue weighted by Gasteiger charge is 2.10. The molecule has 0 heterocycles. The molecule has 1 aliphatic carbocycles. The average Bonchev–Trinajstić information content (AvgIpc) is 1.90. The molecule has 0 radical (unpaired) electrons. The Labute approximate surface area is 62.5 Å². The van der Waals surface area contributed by atoms with Gasteiger partial charge in [0.25, 0.3) is 0 Å². The lowest BCUT2D eigenvalue weighted by atomic mass is 9.91. The minimum Gasteiger partial charge on any atom is -0.198 e. The Morgan fingerprint density at radius 1 is 1.11 bits per heavy atom. The van der Waals surface area contributed by atoms with Gasteiger partial charge in [-0.3, -0.25) is 0 Å². The first-order valence-electron chi connectivity index (χ1n) is 3.33. The van der Waals surface area contributed by atoms with Gasteiger partial charge in [-0.15, -0.1) is 12.4 Å². The van der Waals surface area contributed by atoms with E-state index < -0.39 is 0 Å². The van der Waals surface area contributed by atoms with Crippen molar-refractivity contribution in [3.8, 4) is 6.07 Å². The molecule has 0 saturated heterocycles. The van der Waals surface area contributed by atoms with Gasteiger partial charge in [-0.1, -0.05) is 19.3 Å². The third-order valence-corrected chi connectivity index (χ3v) is 1.79. The van der Waals surface area contributed by atoms with Gasteiger partial charge >= 0.3 is 0 Å². The third kappa shape index (κ3) is 2.72. The first kappa shape index (κ1) is 8.78. The molecule has 2 heteroatoms. The van der Waals surface area contributed by atoms with Gasteiger partial charge in [-0.05, 0) is 12.8 Å². The lowest BCUT2D eigenvalue weighted by Gasteiger charge is -2.13. The molecule has 52 valence electrons. The summed E-state index contributed by atoms with van der Waals surface area (Å²) < 4.78 is 0. The molecule has 0 unspecified atom stereocenters. The Morgan fingerprint density at radius 3 is 2.00 bits per heavy atom. The number of nitrogens with zero attached hydrogens (tertiary/aromatic N) is 1. The number of hydrogen-bond donors (Lipinski definition) is 0. The summed E-state index contributed by atoms with van der Waals surface area (Å²) in [6.45, 7) is 0. The molecule has 0 aromatic carbocycles. The molecule has 9 heavy (non-hydrogen) atoms. The second-order valence-electron chi connectivity index (χ2n) is 2.46. The molecule has 0 N–H and O–H groups in total. The number of hydrogen-bond acceptors (Lipinski definition) is 1. The maximum absolute atomic E-state index is 8.44. The van der Waals surface area contributed by atoms with Crippen LogP contribution in [0.25, 0.3) is 0 Å². The second kappa shape index (κ2) is 4.64. The predicted molar refractivity (Wildman–Crippen MR) is 39.4 cm³/mol. The summed E-state index contributed by atoms with van der Waals surface area (Å²) in [6, 6.07) is 2.30. The molecule has 0 bridgehead atoms. The zero-order valence-corrected chi connectivity index (χ0v) is 6.28. The number of nitriles is 1. The van der Waals surface area contributed by atoms with Crippen molar-refractivity contribution in [2.75, 3.05) is 0 Å². The lowest BCUT2D eigenvalue weighted by Crippen LogP contribution is -2.02. The second-order valence-corrected chi connectivity index (χ2v) is 2.46. The standard InChI is InChI=1S/C7H11N.ClH/c8-6-7-4-2-1-3-5-7;/h7H,1-5H2;1H. The molecule has 1 nitrogen and oxygen atoms in total. The Hall–Kier alpha value is -0.220. The number of halogens is 1. The molecule has 1 saturated carbocycles. The molecule has 0 atom stereocenters. The van der Waals surface area contributed by atoms with E-state index in [9.17, 15) is 0 Å². The number of rotatable bonds is 0. The minimum atomic E-state index is 0. The molecular weight excluding hydrogens is 134 g/mol. The van der Waals surface area contributed by atoms with Gasteiger partial charge in [0.1, 0.15) is 0 Å². The van der Waals surface area contributed by atoms with Gasteiger partial charge in [0.15, 0.2) is 0 Å². The summed E-state index contributed by atoms with van der Waals surface area (Å²) in [5, 5.41) is 8.44. The molecule has 1 rings (SSSR count). The van der Waals surface area contributed by atoms with Crippen LogP contribution in [-0.4, -0.2) is 0 Å². The largest absolute Gasteiger partial charge is 0.198 e. The smallest absolute Gasteiger partial charge is 0.0655 e. The van der Waals surface area contributed by atoms with Gasteiger partial charge in [-0.2, -0.15) is 5.26 Å². The quantitative estimate of drug-likeness (QED) is 0.514. The van der Waals surface area contributed by atoms with Crippen molar-refractivity contribution in [1.29, 1.82) is 5.26 Å². The summed E-state index contributed by atoms with van der Waals surface area (Å²) in [5.41, 5.74) is 0. The van der Waals surface area contributed by atoms with Crippen molar-refractivity contribution in [2.45, 2.75) is 32.1 Å². The molecule has 0 aromatic heterocycles. The van der Waals surface area contributed by atoms with Crippen molar-refractivity contribution in [3.63, 3.8) is 0 Å². The zero-order valence-electron chi connectivity index (χ0n) is 5.47. The molecule has 0 aromatic rings. The predicted octanol–water partition coefficient (Wildman–Crippen LogP) is 2.51. The molecule has 0 amide bonds. The Kier molecular flexibility index (Phi) is 4.53. The van der Waals surface area contributed by atoms with Gasteiger partial charge in [-0.25, -0.2) is 0 Å². The fourth-order valence-corrected chi connectivity index (χ4v) is 1.23. The maximum atomic E-state index is 8.44. The van der Waals surface area contributed by atoms with Crippen LogP contribution in [-0.2, 0) is 0 Å². The van der Waals surface area contributed by atoms with Crippen LogP contribution < -0.4 is 0 Å². The van der Waals surface area contributed by atoms with Crippen LogP contribution in [0, 0.1) is 17.2 Å². The highest BCUT2D eigenvalue weighted by molar-refractivity contribution is 5.85. The summed E-state index contributed by atoms with van der Waals surface area (Å²) >= 11 is 0. The minimum absolute atomic E-state index is 0. The van der Waals surface area contributed by atoms with Crippen LogP contribution in [0.15, 0.2) is 0 Å². The van der Waals surface area contributed by atoms with Crippen molar-refractivity contribution in [1.82, 2.24) is 0 Å². The summed E-state index contributed by atoms with van der Waals surface area (Å²) in [5.74, 6) is 0.392. The lowest BCUT2D eigenvalue weighted by molar-refractivity contribution is 0.427. The Balaban J connectivity index is 0.000000640. The van der Waals surface area contributed by atoms with Crippen molar-refractivity contribution in [3.05, 3.63) is 0 Å². The van der Waals surface area contributed by atoms with E-state index in [-0.39, 0.29) is 12.4 Å². The van der Waals surface area contributed by atoms with Gasteiger partial charge in [0, 0.05) is 5.92 Å². The van der Waals surface area contributed by atoms with E-state index >= 15 is 0 Å². The highest BCUT2D eigenvalue weighted by Crippen LogP contribution is 2.22. The fraction of sp³-hybridized carbons (Fsp3) is 0.857. The van der Waals surface area contributed by atoms with E-state index in [0.717, 1.165) is 12.8 Å². The summed E-state index contributed by atoms with van der Waals surface area (Å²) in [7, 11) is 0. The van der Waals surface area contributed by atoms with E-state index in [4.69, 9.17) is 5.26 Å². The Morgan fingerprint density at radius 2 is 1.67 bits per heavy atom. The molecule has 1 aliphatic rings. The van der Waals surface area contributed by atoms with Crippen LogP contribution in [0.5, 0.6) is 0 Å². The van der Waals surface area contributed by atoms with Crippen LogP contribution in [0.2, 0.25) is 0 Å². The monoisotopic (exact) mass is 145 g/mol. The summed E-state index contributed by atoms with van der Waals surface area (Å²) in [4.78, 5) is 0. The zero-order chi connectivity index (χ0) is 5.82. The first-order chi connectivity index (χ1) is 3.93. The fourth-order valence-electron chi connectivity index (χ4n) is 1.23. The van der Waals surface area contributed by atoms with Gasteiger partial charge < -0.3 is 0 Å². The maximum Gasteiger partial charge on any atom is 0.0655 e. The van der Waals surface area contributed by atoms with Crippen molar-refractivity contribution < 1.29 is 0 Å². The van der Waals surface area contributed by atoms with E-state index in [1.165, 1.54) is 19.3 Å². The normalized spacial score (nSPS) is 19.9. The van der Waals surface area contributed by atoms with Crippen molar-refractivity contribution in [2.24, 2.45) is 5.92 Å². The third-order valence-electron chi connectivity index (χ3n) is 1.79. The SMILES string of the molecule is Cl.N#CC1CCCCC1. The van der Waals surface area contributed by atoms with Crippen LogP contribution in [0.1, 0.15) is 32.1 Å².